The number of hydrogen-bond donors (Lipinski definition) is 0. The van der Waals surface area contributed by atoms with Gasteiger partial charge in [-0.1, -0.05) is 167 Å². The summed E-state index contributed by atoms with van der Waals surface area (Å²) < 4.78 is 0. The molecule has 1 aliphatic rings. The highest BCUT2D eigenvalue weighted by molar-refractivity contribution is 5.81. The average Bonchev–Trinajstić information content (AvgIpc) is 3.30. The summed E-state index contributed by atoms with van der Waals surface area (Å²) in [5, 5.41) is 0. The van der Waals surface area contributed by atoms with E-state index < -0.39 is 0 Å². The quantitative estimate of drug-likeness (QED) is 0.195. The van der Waals surface area contributed by atoms with Crippen molar-refractivity contribution in [3.8, 4) is 33.4 Å². The van der Waals surface area contributed by atoms with Gasteiger partial charge in [-0.2, -0.15) is 0 Å². The molecule has 0 heteroatoms. The third kappa shape index (κ3) is 5.76. The normalized spacial score (nSPS) is 12.7. The smallest absolute Gasteiger partial charge is 0.0215 e. The molecule has 1 aliphatic carbocycles. The van der Waals surface area contributed by atoms with Crippen LogP contribution in [-0.2, 0) is 5.41 Å². The van der Waals surface area contributed by atoms with E-state index in [0.29, 0.717) is 0 Å². The molecule has 0 aliphatic heterocycles. The number of unbranched alkanes of at least 4 members (excludes halogenated alkanes) is 2. The zero-order chi connectivity index (χ0) is 26.9. The standard InChI is InChI=1S/C21H26.C18H14/c1-3-5-15-21(16-6-4-2)19-13-9-7-11-17(19)18-12-8-10-14-20(18)21;1-3-8-15(9-4-1)17-12-7-13-18(14-17)16-10-5-2-6-11-16/h7-14H,3-6,15-16H2,1-2H3;1-14H. The molecule has 0 N–H and O–H groups in total. The van der Waals surface area contributed by atoms with Gasteiger partial charge < -0.3 is 0 Å². The molecule has 0 spiro atoms. The van der Waals surface area contributed by atoms with Gasteiger partial charge in [0.05, 0.1) is 0 Å². The lowest BCUT2D eigenvalue weighted by Gasteiger charge is -2.32. The predicted molar refractivity (Wildman–Crippen MR) is 169 cm³/mol. The molecule has 0 heterocycles. The highest BCUT2D eigenvalue weighted by Crippen LogP contribution is 2.53. The predicted octanol–water partition coefficient (Wildman–Crippen LogP) is 11.4. The Kier molecular flexibility index (Phi) is 8.74. The van der Waals surface area contributed by atoms with Crippen molar-refractivity contribution in [1.29, 1.82) is 0 Å². The van der Waals surface area contributed by atoms with Crippen LogP contribution in [0.5, 0.6) is 0 Å². The van der Waals surface area contributed by atoms with Crippen molar-refractivity contribution in [2.45, 2.75) is 57.8 Å². The van der Waals surface area contributed by atoms with Gasteiger partial charge in [0, 0.05) is 5.41 Å². The molecule has 0 atom stereocenters. The molecule has 39 heavy (non-hydrogen) atoms. The van der Waals surface area contributed by atoms with Gasteiger partial charge in [-0.05, 0) is 63.4 Å². The Hall–Kier alpha value is -3.90. The van der Waals surface area contributed by atoms with Crippen molar-refractivity contribution < 1.29 is 0 Å². The van der Waals surface area contributed by atoms with E-state index in [-0.39, 0.29) is 5.41 Å². The fourth-order valence-corrected chi connectivity index (χ4v) is 6.18. The van der Waals surface area contributed by atoms with Crippen LogP contribution in [0.1, 0.15) is 63.5 Å². The van der Waals surface area contributed by atoms with Crippen molar-refractivity contribution in [3.05, 3.63) is 145 Å². The second-order valence-corrected chi connectivity index (χ2v) is 10.7. The van der Waals surface area contributed by atoms with Gasteiger partial charge in [0.25, 0.3) is 0 Å². The summed E-state index contributed by atoms with van der Waals surface area (Å²) in [5.74, 6) is 0. The molecule has 5 aromatic rings. The monoisotopic (exact) mass is 508 g/mol. The summed E-state index contributed by atoms with van der Waals surface area (Å²) in [6.07, 6.45) is 7.75. The third-order valence-corrected chi connectivity index (χ3v) is 8.17. The molecular weight excluding hydrogens is 468 g/mol. The Bertz CT molecular complexity index is 1350. The van der Waals surface area contributed by atoms with Gasteiger partial charge in [0.15, 0.2) is 0 Å². The van der Waals surface area contributed by atoms with Gasteiger partial charge in [-0.25, -0.2) is 0 Å². The number of hydrogen-bond acceptors (Lipinski definition) is 0. The van der Waals surface area contributed by atoms with E-state index in [4.69, 9.17) is 0 Å². The molecule has 0 saturated heterocycles. The lowest BCUT2D eigenvalue weighted by Crippen LogP contribution is -2.25. The van der Waals surface area contributed by atoms with E-state index in [9.17, 15) is 0 Å². The third-order valence-electron chi connectivity index (χ3n) is 8.17. The Morgan fingerprint density at radius 2 is 0.795 bits per heavy atom. The van der Waals surface area contributed by atoms with Gasteiger partial charge in [0.1, 0.15) is 0 Å². The molecule has 0 aromatic heterocycles. The molecule has 6 rings (SSSR count). The van der Waals surface area contributed by atoms with Crippen molar-refractivity contribution in [2.24, 2.45) is 0 Å². The van der Waals surface area contributed by atoms with E-state index in [1.54, 1.807) is 11.1 Å². The van der Waals surface area contributed by atoms with Crippen LogP contribution in [0.4, 0.5) is 0 Å². The van der Waals surface area contributed by atoms with Gasteiger partial charge in [-0.15, -0.1) is 0 Å². The number of rotatable bonds is 8. The summed E-state index contributed by atoms with van der Waals surface area (Å²) >= 11 is 0. The van der Waals surface area contributed by atoms with Crippen molar-refractivity contribution >= 4 is 0 Å². The molecule has 0 bridgehead atoms. The fraction of sp³-hybridized carbons (Fsp3) is 0.231. The second kappa shape index (κ2) is 12.8. The SMILES string of the molecule is CCCCC1(CCCC)c2ccccc2-c2ccccc21.c1ccc(-c2cccc(-c3ccccc3)c2)cc1. The van der Waals surface area contributed by atoms with E-state index in [0.717, 1.165) is 0 Å². The van der Waals surface area contributed by atoms with Crippen LogP contribution in [0.3, 0.4) is 0 Å². The number of fused-ring (bicyclic) bond motifs is 3. The lowest BCUT2D eigenvalue weighted by molar-refractivity contribution is 0.414. The maximum absolute atomic E-state index is 2.38. The number of benzene rings is 5. The first-order valence-corrected chi connectivity index (χ1v) is 14.7. The summed E-state index contributed by atoms with van der Waals surface area (Å²) in [6.45, 7) is 4.61. The summed E-state index contributed by atoms with van der Waals surface area (Å²) in [7, 11) is 0. The Balaban J connectivity index is 0.000000160. The minimum Gasteiger partial charge on any atom is -0.0654 e. The summed E-state index contributed by atoms with van der Waals surface area (Å²) in [4.78, 5) is 0. The molecule has 0 nitrogen and oxygen atoms in total. The van der Waals surface area contributed by atoms with Crippen LogP contribution >= 0.6 is 0 Å². The molecule has 0 radical (unpaired) electrons. The minimum absolute atomic E-state index is 0.263. The van der Waals surface area contributed by atoms with Crippen molar-refractivity contribution in [1.82, 2.24) is 0 Å². The van der Waals surface area contributed by atoms with Crippen LogP contribution in [0.2, 0.25) is 0 Å². The molecule has 0 fully saturated rings. The molecule has 5 aromatic carbocycles. The Morgan fingerprint density at radius 1 is 0.410 bits per heavy atom. The zero-order valence-electron chi connectivity index (χ0n) is 23.4. The lowest BCUT2D eigenvalue weighted by atomic mass is 9.71. The topological polar surface area (TPSA) is 0 Å². The molecule has 196 valence electrons. The Morgan fingerprint density at radius 3 is 1.23 bits per heavy atom. The first kappa shape index (κ1) is 26.7. The second-order valence-electron chi connectivity index (χ2n) is 10.7. The van der Waals surface area contributed by atoms with Gasteiger partial charge >= 0.3 is 0 Å². The zero-order valence-corrected chi connectivity index (χ0v) is 23.4. The van der Waals surface area contributed by atoms with Crippen LogP contribution < -0.4 is 0 Å². The van der Waals surface area contributed by atoms with E-state index in [2.05, 4.69) is 135 Å². The first-order valence-electron chi connectivity index (χ1n) is 14.7. The summed E-state index contributed by atoms with van der Waals surface area (Å²) in [6, 6.07) is 47.8. The van der Waals surface area contributed by atoms with Crippen LogP contribution in [0.15, 0.2) is 133 Å². The molecule has 0 unspecified atom stereocenters. The first-order chi connectivity index (χ1) is 19.3. The van der Waals surface area contributed by atoms with E-state index >= 15 is 0 Å². The van der Waals surface area contributed by atoms with Crippen molar-refractivity contribution in [3.63, 3.8) is 0 Å². The van der Waals surface area contributed by atoms with Crippen LogP contribution in [0, 0.1) is 0 Å². The van der Waals surface area contributed by atoms with Gasteiger partial charge in [-0.3, -0.25) is 0 Å². The fourth-order valence-electron chi connectivity index (χ4n) is 6.18. The van der Waals surface area contributed by atoms with E-state index in [1.807, 2.05) is 12.1 Å². The average molecular weight is 509 g/mol. The minimum atomic E-state index is 0.263. The van der Waals surface area contributed by atoms with Crippen LogP contribution in [-0.4, -0.2) is 0 Å². The molecular formula is C39H40. The van der Waals surface area contributed by atoms with Crippen molar-refractivity contribution in [2.75, 3.05) is 0 Å². The molecule has 0 amide bonds. The maximum atomic E-state index is 2.38. The highest BCUT2D eigenvalue weighted by atomic mass is 14.4. The van der Waals surface area contributed by atoms with Crippen LogP contribution in [0.25, 0.3) is 33.4 Å². The Labute approximate surface area is 235 Å². The van der Waals surface area contributed by atoms with Gasteiger partial charge in [0.2, 0.25) is 0 Å². The highest BCUT2D eigenvalue weighted by Gasteiger charge is 2.41. The molecule has 0 saturated carbocycles. The summed E-state index contributed by atoms with van der Waals surface area (Å²) in [5.41, 5.74) is 11.4. The maximum Gasteiger partial charge on any atom is 0.0215 e. The largest absolute Gasteiger partial charge is 0.0654 e. The van der Waals surface area contributed by atoms with E-state index in [1.165, 1.54) is 71.9 Å².